The van der Waals surface area contributed by atoms with Crippen LogP contribution in [-0.4, -0.2) is 32.7 Å². The first kappa shape index (κ1) is 22.3. The highest BCUT2D eigenvalue weighted by atomic mass is 32.2. The van der Waals surface area contributed by atoms with E-state index in [-0.39, 0.29) is 17.2 Å². The van der Waals surface area contributed by atoms with Crippen molar-refractivity contribution in [1.29, 1.82) is 0 Å². The highest BCUT2D eigenvalue weighted by Gasteiger charge is 2.19. The van der Waals surface area contributed by atoms with Crippen LogP contribution in [0.5, 0.6) is 0 Å². The standard InChI is InChI=1S/C25H25N3O2S2/c1-4-27(15-19-8-6-5-7-9-19)22(29)16-32-25-26-20-12-13-31-23(20)24(30)28(25)21-11-10-17(2)14-18(21)3/h5-14H,4,15-16H2,1-3H3. The SMILES string of the molecule is CCN(Cc1ccccc1)C(=O)CSc1nc2ccsc2c(=O)n1-c1ccc(C)cc1C. The van der Waals surface area contributed by atoms with E-state index in [1.165, 1.54) is 23.1 Å². The molecule has 0 spiro atoms. The van der Waals surface area contributed by atoms with Crippen LogP contribution in [-0.2, 0) is 11.3 Å². The summed E-state index contributed by atoms with van der Waals surface area (Å²) < 4.78 is 2.28. The molecule has 0 saturated carbocycles. The summed E-state index contributed by atoms with van der Waals surface area (Å²) in [4.78, 5) is 32.9. The summed E-state index contributed by atoms with van der Waals surface area (Å²) in [5.41, 5.74) is 4.61. The summed E-state index contributed by atoms with van der Waals surface area (Å²) in [5.74, 6) is 0.237. The maximum atomic E-state index is 13.3. The molecule has 0 radical (unpaired) electrons. The Labute approximate surface area is 195 Å². The minimum atomic E-state index is -0.0939. The van der Waals surface area contributed by atoms with E-state index < -0.39 is 0 Å². The van der Waals surface area contributed by atoms with E-state index in [1.54, 1.807) is 4.57 Å². The summed E-state index contributed by atoms with van der Waals surface area (Å²) in [6.45, 7) is 7.19. The normalized spacial score (nSPS) is 11.1. The van der Waals surface area contributed by atoms with E-state index >= 15 is 0 Å². The molecule has 0 fully saturated rings. The van der Waals surface area contributed by atoms with Crippen LogP contribution in [0.4, 0.5) is 0 Å². The second kappa shape index (κ2) is 9.71. The van der Waals surface area contributed by atoms with Crippen LogP contribution in [0.15, 0.2) is 69.9 Å². The average Bonchev–Trinajstić information content (AvgIpc) is 3.26. The minimum Gasteiger partial charge on any atom is -0.338 e. The number of thioether (sulfide) groups is 1. The van der Waals surface area contributed by atoms with Crippen molar-refractivity contribution in [1.82, 2.24) is 14.5 Å². The molecule has 7 heteroatoms. The van der Waals surface area contributed by atoms with Crippen molar-refractivity contribution in [2.24, 2.45) is 0 Å². The highest BCUT2D eigenvalue weighted by Crippen LogP contribution is 2.26. The van der Waals surface area contributed by atoms with Gasteiger partial charge in [0, 0.05) is 13.1 Å². The van der Waals surface area contributed by atoms with Gasteiger partial charge in [-0.05, 0) is 49.4 Å². The van der Waals surface area contributed by atoms with E-state index in [1.807, 2.05) is 79.6 Å². The molecule has 0 atom stereocenters. The van der Waals surface area contributed by atoms with Crippen LogP contribution in [0.25, 0.3) is 15.9 Å². The van der Waals surface area contributed by atoms with Crippen LogP contribution in [0, 0.1) is 13.8 Å². The lowest BCUT2D eigenvalue weighted by atomic mass is 10.1. The largest absolute Gasteiger partial charge is 0.338 e. The van der Waals surface area contributed by atoms with Crippen molar-refractivity contribution in [2.75, 3.05) is 12.3 Å². The molecule has 2 aromatic carbocycles. The summed E-state index contributed by atoms with van der Waals surface area (Å²) in [5, 5.41) is 2.42. The van der Waals surface area contributed by atoms with Crippen LogP contribution in [0.3, 0.4) is 0 Å². The van der Waals surface area contributed by atoms with Gasteiger partial charge in [-0.2, -0.15) is 0 Å². The molecule has 0 saturated heterocycles. The Morgan fingerprint density at radius 3 is 2.62 bits per heavy atom. The number of hydrogen-bond acceptors (Lipinski definition) is 5. The number of aromatic nitrogens is 2. The smallest absolute Gasteiger partial charge is 0.276 e. The van der Waals surface area contributed by atoms with Gasteiger partial charge in [-0.1, -0.05) is 59.8 Å². The molecule has 2 heterocycles. The van der Waals surface area contributed by atoms with Gasteiger partial charge >= 0.3 is 0 Å². The van der Waals surface area contributed by atoms with Gasteiger partial charge in [-0.15, -0.1) is 11.3 Å². The molecule has 0 unspecified atom stereocenters. The fraction of sp³-hybridized carbons (Fsp3) is 0.240. The molecule has 32 heavy (non-hydrogen) atoms. The Morgan fingerprint density at radius 2 is 1.91 bits per heavy atom. The molecule has 164 valence electrons. The van der Waals surface area contributed by atoms with Gasteiger partial charge in [0.05, 0.1) is 17.0 Å². The highest BCUT2D eigenvalue weighted by molar-refractivity contribution is 7.99. The van der Waals surface area contributed by atoms with Gasteiger partial charge in [-0.3, -0.25) is 14.2 Å². The number of thiophene rings is 1. The Balaban J connectivity index is 1.65. The van der Waals surface area contributed by atoms with E-state index in [9.17, 15) is 9.59 Å². The molecule has 0 aliphatic rings. The Morgan fingerprint density at radius 1 is 1.12 bits per heavy atom. The number of amides is 1. The number of carbonyl (C=O) groups is 1. The van der Waals surface area contributed by atoms with Crippen molar-refractivity contribution < 1.29 is 4.79 Å². The molecule has 0 bridgehead atoms. The second-order valence-electron chi connectivity index (χ2n) is 7.64. The molecule has 5 nitrogen and oxygen atoms in total. The van der Waals surface area contributed by atoms with Crippen molar-refractivity contribution in [3.63, 3.8) is 0 Å². The second-order valence-corrected chi connectivity index (χ2v) is 9.50. The van der Waals surface area contributed by atoms with Gasteiger partial charge in [0.15, 0.2) is 5.16 Å². The first-order valence-corrected chi connectivity index (χ1v) is 12.4. The maximum absolute atomic E-state index is 13.3. The lowest BCUT2D eigenvalue weighted by Crippen LogP contribution is -2.32. The lowest BCUT2D eigenvalue weighted by Gasteiger charge is -2.21. The third-order valence-corrected chi connectivity index (χ3v) is 7.13. The predicted molar refractivity (Wildman–Crippen MR) is 133 cm³/mol. The van der Waals surface area contributed by atoms with Gasteiger partial charge in [0.25, 0.3) is 5.56 Å². The molecule has 0 N–H and O–H groups in total. The number of nitrogens with zero attached hydrogens (tertiary/aromatic N) is 3. The van der Waals surface area contributed by atoms with Crippen LogP contribution in [0.2, 0.25) is 0 Å². The summed E-state index contributed by atoms with van der Waals surface area (Å²) >= 11 is 2.71. The fourth-order valence-corrected chi connectivity index (χ4v) is 5.32. The van der Waals surface area contributed by atoms with Gasteiger partial charge < -0.3 is 4.90 Å². The number of aryl methyl sites for hydroxylation is 2. The van der Waals surface area contributed by atoms with Gasteiger partial charge in [-0.25, -0.2) is 4.98 Å². The van der Waals surface area contributed by atoms with Gasteiger partial charge in [0.1, 0.15) is 4.70 Å². The van der Waals surface area contributed by atoms with Crippen molar-refractivity contribution >= 4 is 39.2 Å². The number of fused-ring (bicyclic) bond motifs is 1. The lowest BCUT2D eigenvalue weighted by molar-refractivity contribution is -0.128. The van der Waals surface area contributed by atoms with Crippen molar-refractivity contribution in [3.8, 4) is 5.69 Å². The quantitative estimate of drug-likeness (QED) is 0.279. The van der Waals surface area contributed by atoms with Crippen molar-refractivity contribution in [2.45, 2.75) is 32.5 Å². The van der Waals surface area contributed by atoms with E-state index in [4.69, 9.17) is 4.98 Å². The molecule has 4 aromatic rings. The minimum absolute atomic E-state index is 0.0215. The third kappa shape index (κ3) is 4.64. The molecule has 0 aliphatic carbocycles. The number of rotatable bonds is 7. The molecule has 4 rings (SSSR count). The predicted octanol–water partition coefficient (Wildman–Crippen LogP) is 5.20. The van der Waals surface area contributed by atoms with Crippen molar-refractivity contribution in [3.05, 3.63) is 87.0 Å². The molecule has 1 amide bonds. The van der Waals surface area contributed by atoms with Gasteiger partial charge in [0.2, 0.25) is 5.91 Å². The first-order valence-electron chi connectivity index (χ1n) is 10.5. The average molecular weight is 464 g/mol. The summed E-state index contributed by atoms with van der Waals surface area (Å²) in [6.07, 6.45) is 0. The van der Waals surface area contributed by atoms with Crippen LogP contribution >= 0.6 is 23.1 Å². The summed E-state index contributed by atoms with van der Waals surface area (Å²) in [7, 11) is 0. The molecular formula is C25H25N3O2S2. The maximum Gasteiger partial charge on any atom is 0.276 e. The Hall–Kier alpha value is -2.90. The number of benzene rings is 2. The number of hydrogen-bond donors (Lipinski definition) is 0. The third-order valence-electron chi connectivity index (χ3n) is 5.32. The first-order chi connectivity index (χ1) is 15.5. The van der Waals surface area contributed by atoms with Crippen LogP contribution < -0.4 is 5.56 Å². The molecule has 2 aromatic heterocycles. The molecule has 0 aliphatic heterocycles. The number of carbonyl (C=O) groups excluding carboxylic acids is 1. The zero-order valence-corrected chi connectivity index (χ0v) is 20.0. The molecular weight excluding hydrogens is 438 g/mol. The van der Waals surface area contributed by atoms with E-state index in [0.29, 0.717) is 28.5 Å². The monoisotopic (exact) mass is 463 g/mol. The van der Waals surface area contributed by atoms with E-state index in [0.717, 1.165) is 22.4 Å². The van der Waals surface area contributed by atoms with Crippen LogP contribution in [0.1, 0.15) is 23.6 Å². The zero-order chi connectivity index (χ0) is 22.7. The zero-order valence-electron chi connectivity index (χ0n) is 18.4. The fourth-order valence-electron chi connectivity index (χ4n) is 3.66. The van der Waals surface area contributed by atoms with E-state index in [2.05, 4.69) is 6.07 Å². The topological polar surface area (TPSA) is 55.2 Å². The Bertz CT molecular complexity index is 1310. The summed E-state index contributed by atoms with van der Waals surface area (Å²) in [6, 6.07) is 17.8. The Kier molecular flexibility index (Phi) is 6.77.